The monoisotopic (exact) mass is 305 g/mol. The van der Waals surface area contributed by atoms with E-state index in [9.17, 15) is 14.0 Å². The summed E-state index contributed by atoms with van der Waals surface area (Å²) < 4.78 is 14.2. The summed E-state index contributed by atoms with van der Waals surface area (Å²) in [5.41, 5.74) is 6.04. The Labute approximate surface area is 126 Å². The molecular weight excluding hydrogens is 289 g/mol. The van der Waals surface area contributed by atoms with Crippen molar-refractivity contribution in [3.63, 3.8) is 0 Å². The van der Waals surface area contributed by atoms with E-state index in [0.29, 0.717) is 16.8 Å². The van der Waals surface area contributed by atoms with E-state index in [1.54, 1.807) is 6.92 Å². The summed E-state index contributed by atoms with van der Waals surface area (Å²) in [6, 6.07) is 5.43. The second kappa shape index (κ2) is 6.48. The van der Waals surface area contributed by atoms with E-state index in [2.05, 4.69) is 4.98 Å². The molecule has 0 saturated carbocycles. The molecule has 0 unspecified atom stereocenters. The lowest BCUT2D eigenvalue weighted by molar-refractivity contribution is -0.118. The highest BCUT2D eigenvalue weighted by molar-refractivity contribution is 5.74. The van der Waals surface area contributed by atoms with Gasteiger partial charge in [-0.1, -0.05) is 0 Å². The second-order valence-corrected chi connectivity index (χ2v) is 4.84. The first-order valence-corrected chi connectivity index (χ1v) is 6.69. The topological polar surface area (TPSA) is 98.2 Å². The van der Waals surface area contributed by atoms with Crippen molar-refractivity contribution in [2.75, 3.05) is 6.61 Å². The maximum Gasteiger partial charge on any atom is 0.257 e. The zero-order valence-corrected chi connectivity index (χ0v) is 12.0. The first kappa shape index (κ1) is 15.8. The van der Waals surface area contributed by atoms with E-state index in [1.807, 2.05) is 0 Å². The van der Waals surface area contributed by atoms with Gasteiger partial charge in [0, 0.05) is 29.8 Å². The van der Waals surface area contributed by atoms with Crippen molar-refractivity contribution >= 4 is 5.91 Å². The number of carbonyl (C=O) groups excluding carboxylic acids is 1. The molecule has 6 nitrogen and oxygen atoms in total. The van der Waals surface area contributed by atoms with Gasteiger partial charge in [-0.2, -0.15) is 0 Å². The Bertz CT molecular complexity index is 754. The molecule has 2 aromatic rings. The van der Waals surface area contributed by atoms with Gasteiger partial charge < -0.3 is 10.8 Å². The Morgan fingerprint density at radius 1 is 1.36 bits per heavy atom. The molecule has 1 heterocycles. The molecule has 0 aliphatic heterocycles. The van der Waals surface area contributed by atoms with Gasteiger partial charge in [-0.15, -0.1) is 0 Å². The van der Waals surface area contributed by atoms with E-state index >= 15 is 0 Å². The third-order valence-corrected chi connectivity index (χ3v) is 3.25. The molecule has 0 atom stereocenters. The molecule has 116 valence electrons. The number of halogens is 1. The van der Waals surface area contributed by atoms with Crippen molar-refractivity contribution in [2.45, 2.75) is 19.9 Å². The molecule has 0 spiro atoms. The summed E-state index contributed by atoms with van der Waals surface area (Å²) in [6.07, 6.45) is 0.139. The molecule has 0 bridgehead atoms. The van der Waals surface area contributed by atoms with Gasteiger partial charge in [-0.05, 0) is 31.2 Å². The molecule has 22 heavy (non-hydrogen) atoms. The third kappa shape index (κ3) is 3.20. The van der Waals surface area contributed by atoms with Crippen LogP contribution in [0.1, 0.15) is 11.3 Å². The second-order valence-electron chi connectivity index (χ2n) is 4.84. The number of aliphatic hydroxyl groups excluding tert-OH is 1. The fourth-order valence-corrected chi connectivity index (χ4v) is 2.22. The molecule has 0 aliphatic rings. The third-order valence-electron chi connectivity index (χ3n) is 3.25. The van der Waals surface area contributed by atoms with Crippen LogP contribution in [0.4, 0.5) is 4.39 Å². The largest absolute Gasteiger partial charge is 0.396 e. The van der Waals surface area contributed by atoms with Crippen LogP contribution in [0.5, 0.6) is 0 Å². The molecule has 0 aliphatic carbocycles. The molecule has 1 amide bonds. The molecule has 1 aromatic heterocycles. The van der Waals surface area contributed by atoms with Gasteiger partial charge in [0.25, 0.3) is 5.56 Å². The number of nitrogens with two attached hydrogens (primary N) is 1. The number of carbonyl (C=O) groups is 1. The van der Waals surface area contributed by atoms with Crippen LogP contribution in [0.15, 0.2) is 29.1 Å². The van der Waals surface area contributed by atoms with Crippen LogP contribution in [0, 0.1) is 12.7 Å². The number of aromatic nitrogens is 2. The first-order chi connectivity index (χ1) is 10.4. The van der Waals surface area contributed by atoms with Gasteiger partial charge in [0.1, 0.15) is 18.2 Å². The smallest absolute Gasteiger partial charge is 0.257 e. The lowest BCUT2D eigenvalue weighted by Crippen LogP contribution is -2.33. The number of hydrogen-bond acceptors (Lipinski definition) is 4. The SMILES string of the molecule is Cc1nc(-c2ccc(F)cc2)n(CC(N)=O)c(=O)c1CCO. The van der Waals surface area contributed by atoms with E-state index in [1.165, 1.54) is 24.3 Å². The number of nitrogens with zero attached hydrogens (tertiary/aromatic N) is 2. The molecule has 7 heteroatoms. The maximum atomic E-state index is 13.0. The summed E-state index contributed by atoms with van der Waals surface area (Å²) in [5, 5.41) is 9.05. The molecule has 0 saturated heterocycles. The van der Waals surface area contributed by atoms with E-state index in [0.717, 1.165) is 4.57 Å². The highest BCUT2D eigenvalue weighted by Gasteiger charge is 2.16. The highest BCUT2D eigenvalue weighted by Crippen LogP contribution is 2.18. The highest BCUT2D eigenvalue weighted by atomic mass is 19.1. The summed E-state index contributed by atoms with van der Waals surface area (Å²) in [5.74, 6) is -0.866. The van der Waals surface area contributed by atoms with Crippen molar-refractivity contribution in [1.82, 2.24) is 9.55 Å². The Hall–Kier alpha value is -2.54. The number of rotatable bonds is 5. The van der Waals surface area contributed by atoms with Crippen LogP contribution >= 0.6 is 0 Å². The Morgan fingerprint density at radius 3 is 2.55 bits per heavy atom. The number of amides is 1. The lowest BCUT2D eigenvalue weighted by Gasteiger charge is -2.14. The summed E-state index contributed by atoms with van der Waals surface area (Å²) in [6.45, 7) is 1.11. The van der Waals surface area contributed by atoms with Gasteiger partial charge in [0.2, 0.25) is 5.91 Å². The van der Waals surface area contributed by atoms with E-state index in [4.69, 9.17) is 10.8 Å². The molecule has 0 radical (unpaired) electrons. The van der Waals surface area contributed by atoms with Crippen LogP contribution in [0.2, 0.25) is 0 Å². The minimum atomic E-state index is -0.689. The molecular formula is C15H16FN3O3. The van der Waals surface area contributed by atoms with Gasteiger partial charge in [-0.25, -0.2) is 9.37 Å². The normalized spacial score (nSPS) is 10.7. The predicted molar refractivity (Wildman–Crippen MR) is 78.6 cm³/mol. The van der Waals surface area contributed by atoms with Crippen LogP contribution in [-0.2, 0) is 17.8 Å². The number of primary amides is 1. The van der Waals surface area contributed by atoms with Gasteiger partial charge in [-0.3, -0.25) is 14.2 Å². The van der Waals surface area contributed by atoms with Crippen molar-refractivity contribution in [3.05, 3.63) is 51.7 Å². The standard InChI is InChI=1S/C15H16FN3O3/c1-9-12(6-7-20)15(22)19(8-13(17)21)14(18-9)10-2-4-11(16)5-3-10/h2-5,20H,6-8H2,1H3,(H2,17,21). The first-order valence-electron chi connectivity index (χ1n) is 6.69. The summed E-state index contributed by atoms with van der Waals surface area (Å²) >= 11 is 0. The van der Waals surface area contributed by atoms with E-state index < -0.39 is 17.3 Å². The van der Waals surface area contributed by atoms with E-state index in [-0.39, 0.29) is 25.4 Å². The molecule has 3 N–H and O–H groups in total. The predicted octanol–water partition coefficient (Wildman–Crippen LogP) is 0.378. The minimum Gasteiger partial charge on any atom is -0.396 e. The zero-order chi connectivity index (χ0) is 16.3. The Balaban J connectivity index is 2.69. The molecule has 2 rings (SSSR count). The Morgan fingerprint density at radius 2 is 2.00 bits per heavy atom. The fourth-order valence-electron chi connectivity index (χ4n) is 2.22. The van der Waals surface area contributed by atoms with Crippen LogP contribution in [0.3, 0.4) is 0 Å². The number of benzene rings is 1. The molecule has 0 fully saturated rings. The van der Waals surface area contributed by atoms with Gasteiger partial charge in [0.05, 0.1) is 0 Å². The van der Waals surface area contributed by atoms with Crippen LogP contribution < -0.4 is 11.3 Å². The summed E-state index contributed by atoms with van der Waals surface area (Å²) in [4.78, 5) is 28.1. The molecule has 1 aromatic carbocycles. The average Bonchev–Trinajstić information content (AvgIpc) is 2.47. The summed E-state index contributed by atoms with van der Waals surface area (Å²) in [7, 11) is 0. The van der Waals surface area contributed by atoms with Crippen molar-refractivity contribution < 1.29 is 14.3 Å². The van der Waals surface area contributed by atoms with Crippen LogP contribution in [0.25, 0.3) is 11.4 Å². The zero-order valence-electron chi connectivity index (χ0n) is 12.0. The van der Waals surface area contributed by atoms with Gasteiger partial charge >= 0.3 is 0 Å². The quantitative estimate of drug-likeness (QED) is 0.834. The van der Waals surface area contributed by atoms with Crippen molar-refractivity contribution in [1.29, 1.82) is 0 Å². The number of aliphatic hydroxyl groups is 1. The van der Waals surface area contributed by atoms with Crippen LogP contribution in [-0.4, -0.2) is 27.2 Å². The number of hydrogen-bond donors (Lipinski definition) is 2. The van der Waals surface area contributed by atoms with Gasteiger partial charge in [0.15, 0.2) is 0 Å². The fraction of sp³-hybridized carbons (Fsp3) is 0.267. The van der Waals surface area contributed by atoms with Crippen molar-refractivity contribution in [2.24, 2.45) is 5.73 Å². The maximum absolute atomic E-state index is 13.0. The minimum absolute atomic E-state index is 0.139. The average molecular weight is 305 g/mol. The number of aryl methyl sites for hydroxylation is 1. The lowest BCUT2D eigenvalue weighted by atomic mass is 10.1. The van der Waals surface area contributed by atoms with Crippen molar-refractivity contribution in [3.8, 4) is 11.4 Å². The Kier molecular flexibility index (Phi) is 4.67.